The number of phenolic OH excluding ortho intramolecular Hbond substituents is 2. The number of halogens is 2. The Balaban J connectivity index is 0.00000261. The van der Waals surface area contributed by atoms with Gasteiger partial charge in [0.05, 0.1) is 21.2 Å². The zero-order valence-corrected chi connectivity index (χ0v) is 18.4. The average Bonchev–Trinajstić information content (AvgIpc) is 2.82. The number of phenols is 2. The summed E-state index contributed by atoms with van der Waals surface area (Å²) in [4.78, 5) is 0.316. The molecule has 27 heavy (non-hydrogen) atoms. The molecule has 1 aliphatic heterocycles. The summed E-state index contributed by atoms with van der Waals surface area (Å²) in [6, 6.07) is 8.36. The molecule has 0 saturated carbocycles. The van der Waals surface area contributed by atoms with Crippen molar-refractivity contribution in [1.29, 1.82) is 0 Å². The van der Waals surface area contributed by atoms with Crippen molar-refractivity contribution in [1.82, 2.24) is 0 Å². The zero-order chi connectivity index (χ0) is 19.1. The minimum Gasteiger partial charge on any atom is -0.504 e. The molecule has 1 heterocycles. The predicted molar refractivity (Wildman–Crippen MR) is 113 cm³/mol. The van der Waals surface area contributed by atoms with Crippen molar-refractivity contribution in [3.63, 3.8) is 0 Å². The summed E-state index contributed by atoms with van der Waals surface area (Å²) in [6.45, 7) is 3.33. The molecule has 3 rings (SSSR count). The van der Waals surface area contributed by atoms with Crippen molar-refractivity contribution < 1.29 is 18.6 Å². The van der Waals surface area contributed by atoms with Gasteiger partial charge in [-0.05, 0) is 56.4 Å². The van der Waals surface area contributed by atoms with Gasteiger partial charge in [-0.1, -0.05) is 23.7 Å². The molecule has 148 valence electrons. The summed E-state index contributed by atoms with van der Waals surface area (Å²) in [5.74, 6) is -0.561. The lowest BCUT2D eigenvalue weighted by molar-refractivity contribution is 0.403. The number of aromatic hydroxyl groups is 2. The summed E-state index contributed by atoms with van der Waals surface area (Å²) in [6.07, 6.45) is 2.36. The van der Waals surface area contributed by atoms with E-state index in [4.69, 9.17) is 11.6 Å². The van der Waals surface area contributed by atoms with Crippen LogP contribution < -0.4 is 5.32 Å². The van der Waals surface area contributed by atoms with Gasteiger partial charge in [-0.15, -0.1) is 17.0 Å². The Hall–Kier alpha value is -1.44. The quantitative estimate of drug-likeness (QED) is 0.429. The third-order valence-corrected chi connectivity index (χ3v) is 7.38. The van der Waals surface area contributed by atoms with Crippen LogP contribution in [0.4, 0.5) is 5.69 Å². The molecule has 8 heteroatoms. The largest absolute Gasteiger partial charge is 0.504 e. The van der Waals surface area contributed by atoms with Crippen molar-refractivity contribution in [2.24, 2.45) is 0 Å². The summed E-state index contributed by atoms with van der Waals surface area (Å²) in [5, 5.41) is 22.7. The van der Waals surface area contributed by atoms with Gasteiger partial charge < -0.3 is 15.5 Å². The molecular formula is C19H23BrClNO4S. The summed E-state index contributed by atoms with van der Waals surface area (Å²) >= 11 is 6.17. The van der Waals surface area contributed by atoms with Gasteiger partial charge in [-0.25, -0.2) is 8.42 Å². The molecule has 0 saturated heterocycles. The highest BCUT2D eigenvalue weighted by molar-refractivity contribution is 8.93. The van der Waals surface area contributed by atoms with Crippen LogP contribution in [0.15, 0.2) is 35.2 Å². The molecule has 2 aromatic carbocycles. The number of sulfone groups is 1. The molecule has 1 atom stereocenters. The Morgan fingerprint density at radius 2 is 1.81 bits per heavy atom. The molecule has 0 fully saturated rings. The van der Waals surface area contributed by atoms with Crippen LogP contribution in [0.5, 0.6) is 11.5 Å². The molecular weight excluding hydrogens is 454 g/mol. The molecule has 5 nitrogen and oxygen atoms in total. The first-order valence-electron chi connectivity index (χ1n) is 8.55. The van der Waals surface area contributed by atoms with E-state index in [0.29, 0.717) is 17.0 Å². The standard InChI is InChI=1S/C19H22ClNO4S.BrH/c1-11(2)26(24,25)13-8-6-12(7-9-13)15-5-3-4-14-16(21-15)10-17(22)19(23)18(14)20;/h6-11,15,21-23H,3-5H2,1-2H3;1H. The maximum absolute atomic E-state index is 12.3. The monoisotopic (exact) mass is 475 g/mol. The van der Waals surface area contributed by atoms with Gasteiger partial charge in [-0.3, -0.25) is 0 Å². The van der Waals surface area contributed by atoms with Gasteiger partial charge in [-0.2, -0.15) is 0 Å². The van der Waals surface area contributed by atoms with Crippen molar-refractivity contribution in [3.8, 4) is 11.5 Å². The van der Waals surface area contributed by atoms with Crippen molar-refractivity contribution in [2.45, 2.75) is 49.3 Å². The fourth-order valence-electron chi connectivity index (χ4n) is 3.19. The van der Waals surface area contributed by atoms with Crippen LogP contribution in [0.2, 0.25) is 5.02 Å². The highest BCUT2D eigenvalue weighted by Crippen LogP contribution is 2.44. The van der Waals surface area contributed by atoms with E-state index in [1.165, 1.54) is 6.07 Å². The molecule has 1 unspecified atom stereocenters. The topological polar surface area (TPSA) is 86.6 Å². The second-order valence-electron chi connectivity index (χ2n) is 6.84. The Morgan fingerprint density at radius 1 is 1.19 bits per heavy atom. The van der Waals surface area contributed by atoms with Gasteiger partial charge >= 0.3 is 0 Å². The Bertz CT molecular complexity index is 930. The van der Waals surface area contributed by atoms with Crippen molar-refractivity contribution in [2.75, 3.05) is 5.32 Å². The number of fused-ring (bicyclic) bond motifs is 1. The number of benzene rings is 2. The number of hydrogen-bond acceptors (Lipinski definition) is 5. The number of anilines is 1. The second kappa shape index (κ2) is 8.29. The zero-order valence-electron chi connectivity index (χ0n) is 15.1. The molecule has 0 aliphatic carbocycles. The molecule has 3 N–H and O–H groups in total. The van der Waals surface area contributed by atoms with E-state index in [2.05, 4.69) is 5.32 Å². The SMILES string of the molecule is Br.CC(C)S(=O)(=O)c1ccc(C2CCCc3c(cc(O)c(O)c3Cl)N2)cc1. The molecule has 0 amide bonds. The smallest absolute Gasteiger partial charge is 0.180 e. The third kappa shape index (κ3) is 4.20. The fourth-order valence-corrected chi connectivity index (χ4v) is 4.55. The normalized spacial score (nSPS) is 16.8. The average molecular weight is 477 g/mol. The lowest BCUT2D eigenvalue weighted by Crippen LogP contribution is -2.14. The van der Waals surface area contributed by atoms with E-state index in [0.717, 1.165) is 24.0 Å². The maximum Gasteiger partial charge on any atom is 0.180 e. The first-order chi connectivity index (χ1) is 12.2. The molecule has 0 aromatic heterocycles. The highest BCUT2D eigenvalue weighted by atomic mass is 79.9. The van der Waals surface area contributed by atoms with Crippen LogP contribution in [0.3, 0.4) is 0 Å². The van der Waals surface area contributed by atoms with E-state index in [1.54, 1.807) is 26.0 Å². The van der Waals surface area contributed by atoms with E-state index >= 15 is 0 Å². The number of rotatable bonds is 3. The summed E-state index contributed by atoms with van der Waals surface area (Å²) in [7, 11) is -3.29. The first-order valence-corrected chi connectivity index (χ1v) is 10.5. The Morgan fingerprint density at radius 3 is 2.41 bits per heavy atom. The number of hydrogen-bond donors (Lipinski definition) is 3. The van der Waals surface area contributed by atoms with Gasteiger partial charge in [0.25, 0.3) is 0 Å². The first kappa shape index (κ1) is 21.9. The van der Waals surface area contributed by atoms with Crippen LogP contribution in [0.1, 0.15) is 43.9 Å². The molecule has 0 spiro atoms. The molecule has 0 bridgehead atoms. The minimum atomic E-state index is -3.29. The van der Waals surface area contributed by atoms with Crippen molar-refractivity contribution in [3.05, 3.63) is 46.5 Å². The molecule has 1 aliphatic rings. The van der Waals surface area contributed by atoms with Crippen LogP contribution in [0, 0.1) is 0 Å². The van der Waals surface area contributed by atoms with Crippen LogP contribution in [0.25, 0.3) is 0 Å². The van der Waals surface area contributed by atoms with E-state index in [-0.39, 0.29) is 39.5 Å². The minimum absolute atomic E-state index is 0. The number of nitrogens with one attached hydrogen (secondary N) is 1. The van der Waals surface area contributed by atoms with Gasteiger partial charge in [0.2, 0.25) is 0 Å². The Labute approximate surface area is 175 Å². The van der Waals surface area contributed by atoms with E-state index in [9.17, 15) is 18.6 Å². The maximum atomic E-state index is 12.3. The predicted octanol–water partition coefficient (Wildman–Crippen LogP) is 5.00. The van der Waals surface area contributed by atoms with Gasteiger partial charge in [0.15, 0.2) is 21.3 Å². The fraction of sp³-hybridized carbons (Fsp3) is 0.368. The van der Waals surface area contributed by atoms with Crippen LogP contribution in [-0.2, 0) is 16.3 Å². The second-order valence-corrected chi connectivity index (χ2v) is 9.72. The van der Waals surface area contributed by atoms with Gasteiger partial charge in [0.1, 0.15) is 0 Å². The van der Waals surface area contributed by atoms with Crippen LogP contribution in [-0.4, -0.2) is 23.9 Å². The lowest BCUT2D eigenvalue weighted by atomic mass is 10.0. The highest BCUT2D eigenvalue weighted by Gasteiger charge is 2.24. The summed E-state index contributed by atoms with van der Waals surface area (Å²) < 4.78 is 24.5. The Kier molecular flexibility index (Phi) is 6.71. The molecule has 2 aromatic rings. The third-order valence-electron chi connectivity index (χ3n) is 4.80. The van der Waals surface area contributed by atoms with Crippen molar-refractivity contribution >= 4 is 44.1 Å². The molecule has 0 radical (unpaired) electrons. The lowest BCUT2D eigenvalue weighted by Gasteiger charge is -2.20. The van der Waals surface area contributed by atoms with Gasteiger partial charge in [0, 0.05) is 11.8 Å². The summed E-state index contributed by atoms with van der Waals surface area (Å²) in [5.41, 5.74) is 2.43. The van der Waals surface area contributed by atoms with E-state index < -0.39 is 15.1 Å². The van der Waals surface area contributed by atoms with E-state index in [1.807, 2.05) is 12.1 Å². The van der Waals surface area contributed by atoms with Crippen LogP contribution >= 0.6 is 28.6 Å².